The smallest absolute Gasteiger partial charge is 0.150 e. The van der Waals surface area contributed by atoms with Crippen LogP contribution in [0.3, 0.4) is 0 Å². The van der Waals surface area contributed by atoms with Gasteiger partial charge in [-0.05, 0) is 59.8 Å². The minimum absolute atomic E-state index is 0.359. The number of unbranched alkanes of at least 4 members (excludes halogenated alkanes) is 1. The molecule has 0 saturated heterocycles. The third-order valence-electron chi connectivity index (χ3n) is 4.85. The first-order valence-corrected chi connectivity index (χ1v) is 8.86. The van der Waals surface area contributed by atoms with Gasteiger partial charge in [-0.1, -0.05) is 36.4 Å². The molecule has 0 fully saturated rings. The molecule has 3 N–H and O–H groups in total. The van der Waals surface area contributed by atoms with E-state index in [0.717, 1.165) is 52.9 Å². The van der Waals surface area contributed by atoms with E-state index in [0.29, 0.717) is 17.4 Å². The van der Waals surface area contributed by atoms with E-state index in [4.69, 9.17) is 5.73 Å². The number of halogens is 2. The Kier molecular flexibility index (Phi) is 4.43. The summed E-state index contributed by atoms with van der Waals surface area (Å²) in [6.07, 6.45) is 2.48. The van der Waals surface area contributed by atoms with E-state index in [1.54, 1.807) is 0 Å². The van der Waals surface area contributed by atoms with Crippen molar-refractivity contribution in [3.8, 4) is 11.3 Å². The van der Waals surface area contributed by atoms with E-state index < -0.39 is 11.6 Å². The van der Waals surface area contributed by atoms with Crippen LogP contribution in [-0.4, -0.2) is 11.5 Å². The number of H-pyrrole nitrogens is 1. The molecule has 0 radical (unpaired) electrons. The van der Waals surface area contributed by atoms with Crippen molar-refractivity contribution in [3.05, 3.63) is 71.8 Å². The van der Waals surface area contributed by atoms with Gasteiger partial charge in [-0.25, -0.2) is 8.78 Å². The van der Waals surface area contributed by atoms with Gasteiger partial charge in [0.1, 0.15) is 11.6 Å². The van der Waals surface area contributed by atoms with E-state index in [1.807, 2.05) is 18.2 Å². The van der Waals surface area contributed by atoms with Crippen LogP contribution in [0.2, 0.25) is 0 Å². The zero-order valence-electron chi connectivity index (χ0n) is 14.4. The zero-order valence-corrected chi connectivity index (χ0v) is 14.4. The lowest BCUT2D eigenvalue weighted by Crippen LogP contribution is -1.99. The van der Waals surface area contributed by atoms with Gasteiger partial charge in [-0.2, -0.15) is 0 Å². The van der Waals surface area contributed by atoms with E-state index in [-0.39, 0.29) is 0 Å². The summed E-state index contributed by atoms with van der Waals surface area (Å²) >= 11 is 0. The van der Waals surface area contributed by atoms with Gasteiger partial charge < -0.3 is 10.7 Å². The van der Waals surface area contributed by atoms with Crippen molar-refractivity contribution < 1.29 is 8.78 Å². The molecule has 4 rings (SSSR count). The lowest BCUT2D eigenvalue weighted by Gasteiger charge is -2.07. The van der Waals surface area contributed by atoms with Crippen molar-refractivity contribution in [2.24, 2.45) is 5.73 Å². The van der Waals surface area contributed by atoms with Crippen molar-refractivity contribution in [3.63, 3.8) is 0 Å². The van der Waals surface area contributed by atoms with Crippen LogP contribution in [0.1, 0.15) is 18.4 Å². The molecule has 0 spiro atoms. The molecule has 0 aliphatic carbocycles. The number of aromatic amines is 1. The van der Waals surface area contributed by atoms with Gasteiger partial charge in [0.2, 0.25) is 0 Å². The van der Waals surface area contributed by atoms with Crippen molar-refractivity contribution in [1.29, 1.82) is 0 Å². The fourth-order valence-electron chi connectivity index (χ4n) is 3.57. The minimum atomic E-state index is -0.563. The molecule has 2 nitrogen and oxygen atoms in total. The molecule has 0 unspecified atom stereocenters. The third-order valence-corrected chi connectivity index (χ3v) is 4.85. The Morgan fingerprint density at radius 2 is 1.69 bits per heavy atom. The maximum Gasteiger partial charge on any atom is 0.150 e. The number of aromatic nitrogens is 1. The predicted octanol–water partition coefficient (Wildman–Crippen LogP) is 5.55. The summed E-state index contributed by atoms with van der Waals surface area (Å²) in [4.78, 5) is 3.19. The number of hydrogen-bond donors (Lipinski definition) is 2. The zero-order chi connectivity index (χ0) is 18.1. The van der Waals surface area contributed by atoms with Gasteiger partial charge in [-0.3, -0.25) is 0 Å². The SMILES string of the molecule is NCCCCc1c(-c2ccc3ccccc3c2)[nH]c2c(F)cc(F)cc12. The second kappa shape index (κ2) is 6.89. The average Bonchev–Trinajstić information content (AvgIpc) is 3.00. The van der Waals surface area contributed by atoms with Gasteiger partial charge in [0.15, 0.2) is 0 Å². The molecular formula is C22H20F2N2. The second-order valence-corrected chi connectivity index (χ2v) is 6.60. The van der Waals surface area contributed by atoms with Gasteiger partial charge in [0.05, 0.1) is 5.52 Å². The molecule has 26 heavy (non-hydrogen) atoms. The monoisotopic (exact) mass is 350 g/mol. The Morgan fingerprint density at radius 1 is 0.885 bits per heavy atom. The minimum Gasteiger partial charge on any atom is -0.352 e. The number of nitrogens with two attached hydrogens (primary N) is 1. The van der Waals surface area contributed by atoms with Crippen molar-refractivity contribution in [1.82, 2.24) is 4.98 Å². The highest BCUT2D eigenvalue weighted by Gasteiger charge is 2.17. The van der Waals surface area contributed by atoms with Crippen LogP contribution in [-0.2, 0) is 6.42 Å². The van der Waals surface area contributed by atoms with Crippen LogP contribution in [0.25, 0.3) is 32.9 Å². The van der Waals surface area contributed by atoms with Crippen LogP contribution in [0.5, 0.6) is 0 Å². The molecule has 1 aromatic heterocycles. The Morgan fingerprint density at radius 3 is 2.50 bits per heavy atom. The standard InChI is InChI=1S/C22H20F2N2/c23-17-12-19-18(7-3-4-10-25)21(26-22(19)20(24)13-17)16-9-8-14-5-1-2-6-15(14)11-16/h1-2,5-6,8-9,11-13,26H,3-4,7,10,25H2. The summed E-state index contributed by atoms with van der Waals surface area (Å²) in [6.45, 7) is 0.608. The van der Waals surface area contributed by atoms with Gasteiger partial charge >= 0.3 is 0 Å². The summed E-state index contributed by atoms with van der Waals surface area (Å²) in [7, 11) is 0. The number of fused-ring (bicyclic) bond motifs is 2. The first-order chi connectivity index (χ1) is 12.7. The van der Waals surface area contributed by atoms with Gasteiger partial charge in [0.25, 0.3) is 0 Å². The van der Waals surface area contributed by atoms with Crippen LogP contribution < -0.4 is 5.73 Å². The maximum absolute atomic E-state index is 14.3. The van der Waals surface area contributed by atoms with E-state index in [1.165, 1.54) is 6.07 Å². The first-order valence-electron chi connectivity index (χ1n) is 8.86. The Labute approximate surface area is 150 Å². The molecule has 3 aromatic carbocycles. The quantitative estimate of drug-likeness (QED) is 0.455. The molecule has 0 amide bonds. The third kappa shape index (κ3) is 2.97. The molecule has 0 atom stereocenters. The lowest BCUT2D eigenvalue weighted by molar-refractivity contribution is 0.591. The fraction of sp³-hybridized carbons (Fsp3) is 0.182. The molecule has 0 bridgehead atoms. The van der Waals surface area contributed by atoms with Crippen LogP contribution >= 0.6 is 0 Å². The number of rotatable bonds is 5. The molecule has 1 heterocycles. The summed E-state index contributed by atoms with van der Waals surface area (Å²) < 4.78 is 28.1. The highest BCUT2D eigenvalue weighted by atomic mass is 19.1. The topological polar surface area (TPSA) is 41.8 Å². The maximum atomic E-state index is 14.3. The molecule has 0 aliphatic heterocycles. The van der Waals surface area contributed by atoms with E-state index in [9.17, 15) is 8.78 Å². The highest BCUT2D eigenvalue weighted by molar-refractivity contribution is 5.94. The van der Waals surface area contributed by atoms with Crippen molar-refractivity contribution >= 4 is 21.7 Å². The summed E-state index contributed by atoms with van der Waals surface area (Å²) in [6, 6.07) is 16.6. The molecule has 132 valence electrons. The average molecular weight is 350 g/mol. The van der Waals surface area contributed by atoms with Crippen LogP contribution in [0, 0.1) is 11.6 Å². The first kappa shape index (κ1) is 16.7. The summed E-state index contributed by atoms with van der Waals surface area (Å²) in [5.41, 5.74) is 8.75. The van der Waals surface area contributed by atoms with Gasteiger partial charge in [0, 0.05) is 17.1 Å². The van der Waals surface area contributed by atoms with Crippen LogP contribution in [0.15, 0.2) is 54.6 Å². The van der Waals surface area contributed by atoms with Crippen molar-refractivity contribution in [2.45, 2.75) is 19.3 Å². The number of benzene rings is 3. The summed E-state index contributed by atoms with van der Waals surface area (Å²) in [5.74, 6) is -1.12. The number of hydrogen-bond acceptors (Lipinski definition) is 1. The largest absolute Gasteiger partial charge is 0.352 e. The highest BCUT2D eigenvalue weighted by Crippen LogP contribution is 2.34. The fourth-order valence-corrected chi connectivity index (χ4v) is 3.57. The second-order valence-electron chi connectivity index (χ2n) is 6.60. The van der Waals surface area contributed by atoms with Crippen LogP contribution in [0.4, 0.5) is 8.78 Å². The number of nitrogens with one attached hydrogen (secondary N) is 1. The molecule has 4 aromatic rings. The van der Waals surface area contributed by atoms with Crippen molar-refractivity contribution in [2.75, 3.05) is 6.54 Å². The number of aryl methyl sites for hydroxylation is 1. The van der Waals surface area contributed by atoms with Gasteiger partial charge in [-0.15, -0.1) is 0 Å². The Bertz CT molecular complexity index is 1080. The molecular weight excluding hydrogens is 330 g/mol. The van der Waals surface area contributed by atoms with E-state index >= 15 is 0 Å². The van der Waals surface area contributed by atoms with E-state index in [2.05, 4.69) is 29.2 Å². The molecule has 0 saturated carbocycles. The molecule has 0 aliphatic rings. The normalized spacial score (nSPS) is 11.5. The molecule has 4 heteroatoms. The summed E-state index contributed by atoms with van der Waals surface area (Å²) in [5, 5.41) is 2.88. The Hall–Kier alpha value is -2.72. The lowest BCUT2D eigenvalue weighted by atomic mass is 9.98. The predicted molar refractivity (Wildman–Crippen MR) is 103 cm³/mol. The Balaban J connectivity index is 1.91.